The largest absolute Gasteiger partial charge is 0.671 e. The van der Waals surface area contributed by atoms with E-state index in [0.717, 1.165) is 0 Å². The standard InChI is InChI=1S/C18H48O14Si5.C11H32O12Si4.C9H26O8Si3/c1-13-29-37(30-14-2,31-35(25-9,26-10)17-15-33(19-3,20-4)21-5)32-36(27-11,28-12)18-16-34(22-6,23-7)24-8;1-12-24(13-2,22-26(16-5,17-6)18-7)11-25(14-3,15-4)23-27(19-8,20-9)21-10;1-10-18(8,11-2)17-20(15-6,16-7)9-19(12-3,13-4)14-5/h13-18H2,1-12H3;11H2,1-10H3;9H2,1-8H3. The van der Waals surface area contributed by atoms with Crippen LogP contribution in [0.2, 0.25) is 42.1 Å². The molecule has 0 atom stereocenters. The molecule has 0 aromatic rings. The maximum absolute atomic E-state index is 6.52. The highest BCUT2D eigenvalue weighted by Gasteiger charge is 2.66. The molecule has 0 saturated heterocycles. The molecule has 0 aliphatic rings. The molecule has 84 heavy (non-hydrogen) atoms. The van der Waals surface area contributed by atoms with E-state index in [4.69, 9.17) is 149 Å². The summed E-state index contributed by atoms with van der Waals surface area (Å²) in [5, 5.41) is 0. The van der Waals surface area contributed by atoms with Gasteiger partial charge in [0.05, 0.1) is 11.3 Å². The quantitative estimate of drug-likeness (QED) is 0.0787. The molecule has 0 heterocycles. The van der Waals surface area contributed by atoms with Crippen molar-refractivity contribution in [2.24, 2.45) is 0 Å². The molecule has 0 saturated carbocycles. The van der Waals surface area contributed by atoms with Crippen molar-refractivity contribution in [2.45, 2.75) is 55.9 Å². The zero-order valence-corrected chi connectivity index (χ0v) is 67.5. The Kier molecular flexibility index (Phi) is 46.8. The van der Waals surface area contributed by atoms with E-state index in [1.807, 2.05) is 0 Å². The smallest absolute Gasteiger partial charge is 0.377 e. The lowest BCUT2D eigenvalue weighted by Gasteiger charge is -2.40. The third kappa shape index (κ3) is 26.3. The van der Waals surface area contributed by atoms with E-state index in [-0.39, 0.29) is 36.6 Å². The number of rotatable bonds is 51. The molecule has 0 aliphatic heterocycles. The molecular weight excluding hydrogens is 1340 g/mol. The second kappa shape index (κ2) is 44.0. The minimum atomic E-state index is -3.99. The molecular formula is C38H106O34Si12. The molecule has 0 radical (unpaired) electrons. The first-order chi connectivity index (χ1) is 39.6. The molecule has 34 nitrogen and oxygen atoms in total. The van der Waals surface area contributed by atoms with Crippen LogP contribution in [0.15, 0.2) is 0 Å². The predicted octanol–water partition coefficient (Wildman–Crippen LogP) is 2.03. The first-order valence-electron chi connectivity index (χ1n) is 25.3. The van der Waals surface area contributed by atoms with Gasteiger partial charge >= 0.3 is 106 Å². The van der Waals surface area contributed by atoms with Gasteiger partial charge in [-0.25, -0.2) is 0 Å². The fraction of sp³-hybridized carbons (Fsp3) is 1.00. The van der Waals surface area contributed by atoms with Crippen molar-refractivity contribution in [3.63, 3.8) is 0 Å². The van der Waals surface area contributed by atoms with Gasteiger partial charge < -0.3 is 149 Å². The molecule has 0 aliphatic carbocycles. The third-order valence-corrected chi connectivity index (χ3v) is 53.3. The normalized spacial score (nSPS) is 13.9. The molecule has 510 valence electrons. The summed E-state index contributed by atoms with van der Waals surface area (Å²) in [5.74, 6) is 0. The summed E-state index contributed by atoms with van der Waals surface area (Å²) in [6.45, 7) is 5.80. The van der Waals surface area contributed by atoms with Gasteiger partial charge in [0.25, 0.3) is 0 Å². The van der Waals surface area contributed by atoms with E-state index < -0.39 is 106 Å². The van der Waals surface area contributed by atoms with Crippen LogP contribution in [0.4, 0.5) is 0 Å². The minimum absolute atomic E-state index is 0.0182. The second-order valence-electron chi connectivity index (χ2n) is 16.1. The average Bonchev–Trinajstić information content (AvgIpc) is 3.57. The zero-order chi connectivity index (χ0) is 65.7. The van der Waals surface area contributed by atoms with E-state index in [0.29, 0.717) is 12.1 Å². The predicted molar refractivity (Wildman–Crippen MR) is 322 cm³/mol. The SMILES string of the molecule is CCO[Si](OCC)(O[Si](CC[Si](OC)(OC)OC)(OC)OC)O[Si](CC[Si](OC)(OC)OC)(OC)OC.CO[Si](C)(OC)O[Si](C[Si](OC)(OC)OC)(OC)OC.CO[Si](C[Si](OC)(OC)O[Si](OC)(OC)OC)(OC)O[Si](OC)(OC)OC. The van der Waals surface area contributed by atoms with Crippen LogP contribution in [0, 0.1) is 0 Å². The summed E-state index contributed by atoms with van der Waals surface area (Å²) in [6, 6.07) is 1.27. The first-order valence-corrected chi connectivity index (χ1v) is 47.9. The van der Waals surface area contributed by atoms with Crippen LogP contribution in [-0.2, 0) is 149 Å². The van der Waals surface area contributed by atoms with Crippen LogP contribution in [0.5, 0.6) is 0 Å². The molecule has 0 spiro atoms. The van der Waals surface area contributed by atoms with Crippen molar-refractivity contribution in [1.29, 1.82) is 0 Å². The van der Waals surface area contributed by atoms with Gasteiger partial charge in [-0.05, 0) is 13.8 Å². The number of hydrogen-bond donors (Lipinski definition) is 0. The van der Waals surface area contributed by atoms with Crippen molar-refractivity contribution in [2.75, 3.05) is 205 Å². The zero-order valence-electron chi connectivity index (χ0n) is 55.5. The van der Waals surface area contributed by atoms with Crippen LogP contribution in [-0.4, -0.2) is 312 Å². The van der Waals surface area contributed by atoms with Crippen LogP contribution >= 0.6 is 0 Å². The molecule has 0 amide bonds. The molecule has 0 unspecified atom stereocenters. The number of hydrogen-bond acceptors (Lipinski definition) is 34. The van der Waals surface area contributed by atoms with E-state index in [9.17, 15) is 0 Å². The van der Waals surface area contributed by atoms with E-state index in [1.54, 1.807) is 20.4 Å². The lowest BCUT2D eigenvalue weighted by atomic mass is 10.9. The summed E-state index contributed by atoms with van der Waals surface area (Å²) in [7, 11) is 0.00677. The highest BCUT2D eigenvalue weighted by Crippen LogP contribution is 2.35. The highest BCUT2D eigenvalue weighted by molar-refractivity contribution is 6.86. The van der Waals surface area contributed by atoms with Gasteiger partial charge in [0.2, 0.25) is 0 Å². The Morgan fingerprint density at radius 1 is 0.190 bits per heavy atom. The van der Waals surface area contributed by atoms with E-state index in [1.165, 1.54) is 192 Å². The Morgan fingerprint density at radius 2 is 0.381 bits per heavy atom. The fourth-order valence-corrected chi connectivity index (χ4v) is 47.2. The first kappa shape index (κ1) is 89.4. The Hall–Kier alpha value is 1.24. The molecule has 0 fully saturated rings. The van der Waals surface area contributed by atoms with Crippen molar-refractivity contribution >= 4 is 106 Å². The van der Waals surface area contributed by atoms with Crippen LogP contribution in [0.25, 0.3) is 0 Å². The van der Waals surface area contributed by atoms with Gasteiger partial charge in [-0.1, -0.05) is 0 Å². The lowest BCUT2D eigenvalue weighted by Crippen LogP contribution is -2.66. The average molecular weight is 1440 g/mol. The second-order valence-corrected chi connectivity index (χ2v) is 52.2. The van der Waals surface area contributed by atoms with Crippen LogP contribution in [0.3, 0.4) is 0 Å². The highest BCUT2D eigenvalue weighted by atomic mass is 28.5. The Bertz CT molecular complexity index is 1480. The summed E-state index contributed by atoms with van der Waals surface area (Å²) < 4.78 is 192. The topological polar surface area (TPSA) is 314 Å². The lowest BCUT2D eigenvalue weighted by molar-refractivity contribution is -0.0103. The molecule has 0 N–H and O–H groups in total. The molecule has 0 rings (SSSR count). The van der Waals surface area contributed by atoms with E-state index >= 15 is 0 Å². The van der Waals surface area contributed by atoms with Crippen molar-refractivity contribution in [3.05, 3.63) is 0 Å². The van der Waals surface area contributed by atoms with Gasteiger partial charge in [0.1, 0.15) is 0 Å². The van der Waals surface area contributed by atoms with Crippen molar-refractivity contribution in [3.8, 4) is 0 Å². The maximum Gasteiger partial charge on any atom is 0.671 e. The molecule has 0 bridgehead atoms. The summed E-state index contributed by atoms with van der Waals surface area (Å²) >= 11 is 0. The minimum Gasteiger partial charge on any atom is -0.377 e. The van der Waals surface area contributed by atoms with Gasteiger partial charge in [0.15, 0.2) is 0 Å². The van der Waals surface area contributed by atoms with Gasteiger partial charge in [0, 0.05) is 236 Å². The monoisotopic (exact) mass is 1440 g/mol. The third-order valence-electron chi connectivity index (χ3n) is 12.6. The molecule has 46 heteroatoms. The Balaban J connectivity index is -0.00000123. The van der Waals surface area contributed by atoms with Crippen molar-refractivity contribution < 1.29 is 149 Å². The maximum atomic E-state index is 6.52. The molecule has 0 aromatic heterocycles. The Labute approximate surface area is 513 Å². The summed E-state index contributed by atoms with van der Waals surface area (Å²) in [6.07, 6.45) is 0. The summed E-state index contributed by atoms with van der Waals surface area (Å²) in [4.78, 5) is 0. The van der Waals surface area contributed by atoms with Crippen molar-refractivity contribution in [1.82, 2.24) is 0 Å². The summed E-state index contributed by atoms with van der Waals surface area (Å²) in [5.41, 5.74) is 0.238. The molecule has 0 aromatic carbocycles. The van der Waals surface area contributed by atoms with Gasteiger partial charge in [-0.3, -0.25) is 0 Å². The van der Waals surface area contributed by atoms with Crippen LogP contribution in [0.1, 0.15) is 13.8 Å². The van der Waals surface area contributed by atoms with Gasteiger partial charge in [-0.2, -0.15) is 0 Å². The van der Waals surface area contributed by atoms with E-state index in [2.05, 4.69) is 0 Å². The Morgan fingerprint density at radius 3 is 0.571 bits per heavy atom. The van der Waals surface area contributed by atoms with Crippen LogP contribution < -0.4 is 0 Å². The van der Waals surface area contributed by atoms with Gasteiger partial charge in [-0.15, -0.1) is 0 Å². The fourth-order valence-electron chi connectivity index (χ4n) is 7.10.